The summed E-state index contributed by atoms with van der Waals surface area (Å²) in [6.07, 6.45) is 2.94. The van der Waals surface area contributed by atoms with E-state index in [4.69, 9.17) is 5.11 Å². The van der Waals surface area contributed by atoms with Gasteiger partial charge in [0.2, 0.25) is 5.91 Å². The number of benzene rings is 3. The number of nitrogens with one attached hydrogen (secondary N) is 2. The fourth-order valence-electron chi connectivity index (χ4n) is 4.62. The molecular formula is C29H31FN2O4S. The lowest BCUT2D eigenvalue weighted by atomic mass is 9.85. The van der Waals surface area contributed by atoms with Crippen LogP contribution in [0.3, 0.4) is 0 Å². The van der Waals surface area contributed by atoms with Gasteiger partial charge in [0.05, 0.1) is 17.4 Å². The van der Waals surface area contributed by atoms with Crippen LogP contribution in [0.2, 0.25) is 0 Å². The van der Waals surface area contributed by atoms with Crippen LogP contribution < -0.4 is 10.0 Å². The number of carbonyl (C=O) groups is 2. The van der Waals surface area contributed by atoms with Crippen LogP contribution in [0.15, 0.2) is 77.7 Å². The first-order chi connectivity index (χ1) is 17.8. The largest absolute Gasteiger partial charge is 0.481 e. The second kappa shape index (κ2) is 12.3. The van der Waals surface area contributed by atoms with Crippen LogP contribution in [-0.2, 0) is 27.0 Å². The van der Waals surface area contributed by atoms with Gasteiger partial charge in [-0.15, -0.1) is 0 Å². The molecule has 1 aliphatic carbocycles. The maximum absolute atomic E-state index is 13.1. The summed E-state index contributed by atoms with van der Waals surface area (Å²) in [5.41, 5.74) is 3.53. The molecule has 0 bridgehead atoms. The zero-order valence-electron chi connectivity index (χ0n) is 20.7. The number of carboxylic acid groups (broad SMARTS) is 1. The number of rotatable bonds is 9. The van der Waals surface area contributed by atoms with Crippen molar-refractivity contribution in [2.45, 2.75) is 56.0 Å². The molecule has 6 nitrogen and oxygen atoms in total. The number of hydrogen-bond donors (Lipinski definition) is 3. The molecule has 1 amide bonds. The Bertz CT molecular complexity index is 1240. The molecule has 0 saturated heterocycles. The molecule has 0 heterocycles. The molecule has 3 aromatic carbocycles. The van der Waals surface area contributed by atoms with Crippen molar-refractivity contribution in [2.24, 2.45) is 5.92 Å². The van der Waals surface area contributed by atoms with E-state index in [2.05, 4.69) is 10.0 Å². The Kier molecular flexibility index (Phi) is 8.84. The topological polar surface area (TPSA) is 95.5 Å². The Labute approximate surface area is 218 Å². The minimum absolute atomic E-state index is 0.00276. The molecule has 3 N–H and O–H groups in total. The first kappa shape index (κ1) is 26.7. The SMILES string of the molecule is CC(NC(=O)C1CCC(NS(=O)c2ccc(-c3ccc(CC(=O)O)cc3)cc2)CC1)c1ccc(F)cc1. The summed E-state index contributed by atoms with van der Waals surface area (Å²) in [6, 6.07) is 20.9. The van der Waals surface area contributed by atoms with Gasteiger partial charge in [-0.1, -0.05) is 48.5 Å². The van der Waals surface area contributed by atoms with Gasteiger partial charge in [-0.25, -0.2) is 13.3 Å². The smallest absolute Gasteiger partial charge is 0.307 e. The highest BCUT2D eigenvalue weighted by Crippen LogP contribution is 2.27. The van der Waals surface area contributed by atoms with E-state index in [9.17, 15) is 18.2 Å². The van der Waals surface area contributed by atoms with Gasteiger partial charge >= 0.3 is 5.97 Å². The average molecular weight is 523 g/mol. The number of carbonyl (C=O) groups excluding carboxylic acids is 1. The van der Waals surface area contributed by atoms with Crippen molar-refractivity contribution >= 4 is 22.9 Å². The quantitative estimate of drug-likeness (QED) is 0.361. The fourth-order valence-corrected chi connectivity index (χ4v) is 5.68. The summed E-state index contributed by atoms with van der Waals surface area (Å²) < 4.78 is 29.2. The third kappa shape index (κ3) is 7.33. The molecular weight excluding hydrogens is 491 g/mol. The zero-order chi connectivity index (χ0) is 26.4. The van der Waals surface area contributed by atoms with Gasteiger partial charge in [0.25, 0.3) is 0 Å². The van der Waals surface area contributed by atoms with Crippen LogP contribution in [0, 0.1) is 11.7 Å². The summed E-state index contributed by atoms with van der Waals surface area (Å²) in [7, 11) is -1.36. The molecule has 1 aliphatic rings. The molecule has 0 spiro atoms. The van der Waals surface area contributed by atoms with Crippen LogP contribution in [0.5, 0.6) is 0 Å². The molecule has 4 rings (SSSR count). The van der Waals surface area contributed by atoms with E-state index < -0.39 is 17.0 Å². The Hall–Kier alpha value is -3.36. The van der Waals surface area contributed by atoms with Crippen LogP contribution in [-0.4, -0.2) is 27.2 Å². The Morgan fingerprint density at radius 2 is 1.49 bits per heavy atom. The predicted molar refractivity (Wildman–Crippen MR) is 141 cm³/mol. The number of hydrogen-bond acceptors (Lipinski definition) is 3. The summed E-state index contributed by atoms with van der Waals surface area (Å²) in [4.78, 5) is 24.2. The third-order valence-electron chi connectivity index (χ3n) is 6.81. The predicted octanol–water partition coefficient (Wildman–Crippen LogP) is 5.17. The molecule has 1 saturated carbocycles. The van der Waals surface area contributed by atoms with Gasteiger partial charge in [-0.05, 0) is 79.1 Å². The van der Waals surface area contributed by atoms with Crippen molar-refractivity contribution in [1.82, 2.24) is 10.0 Å². The minimum Gasteiger partial charge on any atom is -0.481 e. The van der Waals surface area contributed by atoms with E-state index in [1.165, 1.54) is 12.1 Å². The van der Waals surface area contributed by atoms with Crippen molar-refractivity contribution in [2.75, 3.05) is 0 Å². The molecule has 3 aromatic rings. The van der Waals surface area contributed by atoms with Crippen molar-refractivity contribution in [3.05, 3.63) is 89.7 Å². The van der Waals surface area contributed by atoms with Crippen LogP contribution >= 0.6 is 0 Å². The van der Waals surface area contributed by atoms with Gasteiger partial charge in [0.1, 0.15) is 16.8 Å². The normalized spacial score (nSPS) is 19.1. The lowest BCUT2D eigenvalue weighted by Gasteiger charge is -2.29. The summed E-state index contributed by atoms with van der Waals surface area (Å²) >= 11 is 0. The van der Waals surface area contributed by atoms with Crippen molar-refractivity contribution in [1.29, 1.82) is 0 Å². The molecule has 8 heteroatoms. The Morgan fingerprint density at radius 3 is 2.05 bits per heavy atom. The van der Waals surface area contributed by atoms with Crippen LogP contribution in [0.1, 0.15) is 49.8 Å². The first-order valence-corrected chi connectivity index (χ1v) is 13.6. The second-order valence-electron chi connectivity index (χ2n) is 9.51. The molecule has 194 valence electrons. The summed E-state index contributed by atoms with van der Waals surface area (Å²) in [5.74, 6) is -1.25. The van der Waals surface area contributed by atoms with Crippen molar-refractivity contribution < 1.29 is 23.3 Å². The highest BCUT2D eigenvalue weighted by Gasteiger charge is 2.28. The molecule has 37 heavy (non-hydrogen) atoms. The lowest BCUT2D eigenvalue weighted by Crippen LogP contribution is -2.39. The van der Waals surface area contributed by atoms with E-state index in [1.807, 2.05) is 43.3 Å². The highest BCUT2D eigenvalue weighted by atomic mass is 32.2. The van der Waals surface area contributed by atoms with Crippen LogP contribution in [0.4, 0.5) is 4.39 Å². The number of amides is 1. The average Bonchev–Trinajstić information content (AvgIpc) is 2.89. The van der Waals surface area contributed by atoms with Gasteiger partial charge in [0.15, 0.2) is 0 Å². The molecule has 2 unspecified atom stereocenters. The van der Waals surface area contributed by atoms with E-state index in [0.29, 0.717) is 17.7 Å². The van der Waals surface area contributed by atoms with Gasteiger partial charge in [0, 0.05) is 12.0 Å². The van der Waals surface area contributed by atoms with E-state index in [1.54, 1.807) is 24.3 Å². The van der Waals surface area contributed by atoms with Crippen molar-refractivity contribution in [3.8, 4) is 11.1 Å². The van der Waals surface area contributed by atoms with Crippen LogP contribution in [0.25, 0.3) is 11.1 Å². The molecule has 1 fully saturated rings. The number of halogens is 1. The fraction of sp³-hybridized carbons (Fsp3) is 0.310. The Balaban J connectivity index is 1.25. The van der Waals surface area contributed by atoms with E-state index >= 15 is 0 Å². The second-order valence-corrected chi connectivity index (χ2v) is 10.8. The third-order valence-corrected chi connectivity index (χ3v) is 8.06. The van der Waals surface area contributed by atoms with Gasteiger partial charge in [-0.2, -0.15) is 0 Å². The molecule has 0 aromatic heterocycles. The molecule has 0 aliphatic heterocycles. The summed E-state index contributed by atoms with van der Waals surface area (Å²) in [6.45, 7) is 1.89. The lowest BCUT2D eigenvalue weighted by molar-refractivity contribution is -0.136. The molecule has 2 atom stereocenters. The van der Waals surface area contributed by atoms with Crippen molar-refractivity contribution in [3.63, 3.8) is 0 Å². The van der Waals surface area contributed by atoms with E-state index in [0.717, 1.165) is 35.1 Å². The highest BCUT2D eigenvalue weighted by molar-refractivity contribution is 7.83. The summed E-state index contributed by atoms with van der Waals surface area (Å²) in [5, 5.41) is 11.9. The monoisotopic (exact) mass is 522 g/mol. The van der Waals surface area contributed by atoms with E-state index in [-0.39, 0.29) is 36.1 Å². The van der Waals surface area contributed by atoms with Gasteiger partial charge < -0.3 is 10.4 Å². The number of aliphatic carboxylic acids is 1. The maximum Gasteiger partial charge on any atom is 0.307 e. The standard InChI is InChI=1S/C29H31FN2O4S/c1-19(21-6-12-25(30)13-7-21)31-29(35)24-8-14-26(15-9-24)32-37(36)27-16-10-23(11-17-27)22-4-2-20(3-5-22)18-28(33)34/h2-7,10-13,16-17,19,24,26,32H,8-9,14-15,18H2,1H3,(H,31,35)(H,33,34). The zero-order valence-corrected chi connectivity index (χ0v) is 21.5. The van der Waals surface area contributed by atoms with Gasteiger partial charge in [-0.3, -0.25) is 9.59 Å². The maximum atomic E-state index is 13.1. The first-order valence-electron chi connectivity index (χ1n) is 12.4. The molecule has 0 radical (unpaired) electrons. The minimum atomic E-state index is -1.36. The Morgan fingerprint density at radius 1 is 0.919 bits per heavy atom. The number of carboxylic acids is 1.